The van der Waals surface area contributed by atoms with Gasteiger partial charge in [0.2, 0.25) is 0 Å². The maximum atomic E-state index is 11.8. The SMILES string of the molecule is Nc1cc(C(=O)NCCOC2CCCC2)ccc1Cl. The molecule has 1 fully saturated rings. The minimum atomic E-state index is -0.154. The summed E-state index contributed by atoms with van der Waals surface area (Å²) in [5, 5.41) is 3.27. The van der Waals surface area contributed by atoms with Gasteiger partial charge < -0.3 is 15.8 Å². The molecule has 0 aromatic heterocycles. The first-order valence-corrected chi connectivity index (χ1v) is 6.99. The van der Waals surface area contributed by atoms with Crippen molar-refractivity contribution in [1.29, 1.82) is 0 Å². The summed E-state index contributed by atoms with van der Waals surface area (Å²) >= 11 is 5.81. The van der Waals surface area contributed by atoms with Gasteiger partial charge in [0.1, 0.15) is 0 Å². The third-order valence-electron chi connectivity index (χ3n) is 3.30. The standard InChI is InChI=1S/C14H19ClN2O2/c15-12-6-5-10(9-13(12)16)14(18)17-7-8-19-11-3-1-2-4-11/h5-6,9,11H,1-4,7-8,16H2,(H,17,18). The average Bonchev–Trinajstić information content (AvgIpc) is 2.91. The molecule has 1 aliphatic rings. The fraction of sp³-hybridized carbons (Fsp3) is 0.500. The van der Waals surface area contributed by atoms with E-state index in [9.17, 15) is 4.79 Å². The number of rotatable bonds is 5. The summed E-state index contributed by atoms with van der Waals surface area (Å²) in [5.41, 5.74) is 6.59. The molecular weight excluding hydrogens is 264 g/mol. The van der Waals surface area contributed by atoms with E-state index in [0.717, 1.165) is 12.8 Å². The number of benzene rings is 1. The Morgan fingerprint density at radius 1 is 1.42 bits per heavy atom. The summed E-state index contributed by atoms with van der Waals surface area (Å²) in [5.74, 6) is -0.154. The lowest BCUT2D eigenvalue weighted by Gasteiger charge is -2.11. The lowest BCUT2D eigenvalue weighted by molar-refractivity contribution is 0.0582. The van der Waals surface area contributed by atoms with E-state index >= 15 is 0 Å². The predicted molar refractivity (Wildman–Crippen MR) is 76.4 cm³/mol. The van der Waals surface area contributed by atoms with Crippen molar-refractivity contribution in [2.75, 3.05) is 18.9 Å². The Balaban J connectivity index is 1.72. The molecule has 0 heterocycles. The van der Waals surface area contributed by atoms with Crippen LogP contribution in [0.1, 0.15) is 36.0 Å². The van der Waals surface area contributed by atoms with E-state index in [0.29, 0.717) is 35.5 Å². The molecule has 1 aromatic rings. The van der Waals surface area contributed by atoms with E-state index in [4.69, 9.17) is 22.1 Å². The van der Waals surface area contributed by atoms with Crippen molar-refractivity contribution >= 4 is 23.2 Å². The number of anilines is 1. The second kappa shape index (κ2) is 6.78. The predicted octanol–water partition coefficient (Wildman–Crippen LogP) is 2.61. The molecule has 0 saturated heterocycles. The van der Waals surface area contributed by atoms with Crippen LogP contribution in [0.15, 0.2) is 18.2 Å². The first-order chi connectivity index (χ1) is 9.16. The Morgan fingerprint density at radius 2 is 2.16 bits per heavy atom. The maximum Gasteiger partial charge on any atom is 0.251 e. The van der Waals surface area contributed by atoms with Crippen LogP contribution < -0.4 is 11.1 Å². The molecule has 2 rings (SSSR count). The number of ether oxygens (including phenoxy) is 1. The number of hydrogen-bond donors (Lipinski definition) is 2. The summed E-state index contributed by atoms with van der Waals surface area (Å²) in [7, 11) is 0. The summed E-state index contributed by atoms with van der Waals surface area (Å²) in [6.07, 6.45) is 5.16. The summed E-state index contributed by atoms with van der Waals surface area (Å²) < 4.78 is 5.67. The smallest absolute Gasteiger partial charge is 0.251 e. The van der Waals surface area contributed by atoms with Gasteiger partial charge in [0, 0.05) is 12.1 Å². The van der Waals surface area contributed by atoms with Gasteiger partial charge in [0.05, 0.1) is 23.4 Å². The summed E-state index contributed by atoms with van der Waals surface area (Å²) in [6, 6.07) is 4.86. The number of hydrogen-bond acceptors (Lipinski definition) is 3. The minimum absolute atomic E-state index is 0.154. The number of halogens is 1. The zero-order valence-electron chi connectivity index (χ0n) is 10.8. The van der Waals surface area contributed by atoms with Gasteiger partial charge in [-0.25, -0.2) is 0 Å². The molecule has 3 N–H and O–H groups in total. The molecular formula is C14H19ClN2O2. The molecule has 1 aliphatic carbocycles. The molecule has 0 aliphatic heterocycles. The Hall–Kier alpha value is -1.26. The zero-order chi connectivity index (χ0) is 13.7. The van der Waals surface area contributed by atoms with Crippen LogP contribution in [0.2, 0.25) is 5.02 Å². The Bertz CT molecular complexity index is 445. The number of carbonyl (C=O) groups is 1. The van der Waals surface area contributed by atoms with Gasteiger partial charge in [0.15, 0.2) is 0 Å². The van der Waals surface area contributed by atoms with Crippen LogP contribution in [0.25, 0.3) is 0 Å². The Kier molecular flexibility index (Phi) is 5.05. The lowest BCUT2D eigenvalue weighted by Crippen LogP contribution is -2.28. The van der Waals surface area contributed by atoms with Gasteiger partial charge in [-0.2, -0.15) is 0 Å². The zero-order valence-corrected chi connectivity index (χ0v) is 11.6. The molecule has 1 aromatic carbocycles. The first kappa shape index (κ1) is 14.2. The normalized spacial score (nSPS) is 15.6. The highest BCUT2D eigenvalue weighted by molar-refractivity contribution is 6.33. The number of nitrogens with two attached hydrogens (primary N) is 1. The van der Waals surface area contributed by atoms with Crippen LogP contribution in [-0.2, 0) is 4.74 Å². The molecule has 0 spiro atoms. The maximum absolute atomic E-state index is 11.8. The van der Waals surface area contributed by atoms with Gasteiger partial charge in [-0.05, 0) is 31.0 Å². The van der Waals surface area contributed by atoms with Crippen LogP contribution in [-0.4, -0.2) is 25.2 Å². The fourth-order valence-electron chi connectivity index (χ4n) is 2.23. The molecule has 0 bridgehead atoms. The van der Waals surface area contributed by atoms with Crippen LogP contribution in [0.4, 0.5) is 5.69 Å². The van der Waals surface area contributed by atoms with Gasteiger partial charge in [-0.1, -0.05) is 24.4 Å². The van der Waals surface area contributed by atoms with E-state index < -0.39 is 0 Å². The number of carbonyl (C=O) groups excluding carboxylic acids is 1. The van der Waals surface area contributed by atoms with Gasteiger partial charge in [0.25, 0.3) is 5.91 Å². The molecule has 104 valence electrons. The lowest BCUT2D eigenvalue weighted by atomic mass is 10.2. The van der Waals surface area contributed by atoms with E-state index in [1.807, 2.05) is 0 Å². The van der Waals surface area contributed by atoms with E-state index in [1.165, 1.54) is 12.8 Å². The largest absolute Gasteiger partial charge is 0.398 e. The molecule has 1 saturated carbocycles. The number of amides is 1. The molecule has 0 radical (unpaired) electrons. The highest BCUT2D eigenvalue weighted by Crippen LogP contribution is 2.21. The van der Waals surface area contributed by atoms with Crippen molar-refractivity contribution in [3.63, 3.8) is 0 Å². The van der Waals surface area contributed by atoms with E-state index in [1.54, 1.807) is 18.2 Å². The van der Waals surface area contributed by atoms with Crippen molar-refractivity contribution in [1.82, 2.24) is 5.32 Å². The van der Waals surface area contributed by atoms with Crippen molar-refractivity contribution in [2.24, 2.45) is 0 Å². The third-order valence-corrected chi connectivity index (χ3v) is 3.65. The van der Waals surface area contributed by atoms with Crippen LogP contribution in [0, 0.1) is 0 Å². The number of nitrogen functional groups attached to an aromatic ring is 1. The summed E-state index contributed by atoms with van der Waals surface area (Å²) in [4.78, 5) is 11.8. The topological polar surface area (TPSA) is 64.4 Å². The van der Waals surface area contributed by atoms with Crippen LogP contribution >= 0.6 is 11.6 Å². The van der Waals surface area contributed by atoms with Crippen molar-refractivity contribution in [2.45, 2.75) is 31.8 Å². The molecule has 19 heavy (non-hydrogen) atoms. The molecule has 1 amide bonds. The Labute approximate surface area is 118 Å². The molecule has 0 atom stereocenters. The van der Waals surface area contributed by atoms with Crippen molar-refractivity contribution in [3.05, 3.63) is 28.8 Å². The Morgan fingerprint density at radius 3 is 2.84 bits per heavy atom. The first-order valence-electron chi connectivity index (χ1n) is 6.61. The fourth-order valence-corrected chi connectivity index (χ4v) is 2.35. The second-order valence-corrected chi connectivity index (χ2v) is 5.18. The highest BCUT2D eigenvalue weighted by Gasteiger charge is 2.15. The quantitative estimate of drug-likeness (QED) is 0.644. The average molecular weight is 283 g/mol. The van der Waals surface area contributed by atoms with Crippen LogP contribution in [0.5, 0.6) is 0 Å². The van der Waals surface area contributed by atoms with Gasteiger partial charge in [-0.3, -0.25) is 4.79 Å². The summed E-state index contributed by atoms with van der Waals surface area (Å²) in [6.45, 7) is 1.07. The minimum Gasteiger partial charge on any atom is -0.398 e. The third kappa shape index (κ3) is 4.11. The number of nitrogens with one attached hydrogen (secondary N) is 1. The van der Waals surface area contributed by atoms with Gasteiger partial charge in [-0.15, -0.1) is 0 Å². The van der Waals surface area contributed by atoms with E-state index in [2.05, 4.69) is 5.32 Å². The molecule has 5 heteroatoms. The van der Waals surface area contributed by atoms with Crippen LogP contribution in [0.3, 0.4) is 0 Å². The monoisotopic (exact) mass is 282 g/mol. The van der Waals surface area contributed by atoms with E-state index in [-0.39, 0.29) is 5.91 Å². The molecule has 0 unspecified atom stereocenters. The van der Waals surface area contributed by atoms with Gasteiger partial charge >= 0.3 is 0 Å². The van der Waals surface area contributed by atoms with Crippen molar-refractivity contribution < 1.29 is 9.53 Å². The van der Waals surface area contributed by atoms with Crippen molar-refractivity contribution in [3.8, 4) is 0 Å². The highest BCUT2D eigenvalue weighted by atomic mass is 35.5. The molecule has 4 nitrogen and oxygen atoms in total. The second-order valence-electron chi connectivity index (χ2n) is 4.77.